The van der Waals surface area contributed by atoms with Crippen LogP contribution in [-0.4, -0.2) is 30.1 Å². The van der Waals surface area contributed by atoms with Gasteiger partial charge in [-0.3, -0.25) is 4.98 Å². The van der Waals surface area contributed by atoms with Crippen LogP contribution in [0.3, 0.4) is 0 Å². The molecule has 0 aliphatic rings. The van der Waals surface area contributed by atoms with E-state index in [1.54, 1.807) is 29.4 Å². The van der Waals surface area contributed by atoms with Crippen molar-refractivity contribution in [1.82, 2.24) is 15.3 Å². The van der Waals surface area contributed by atoms with E-state index >= 15 is 0 Å². The summed E-state index contributed by atoms with van der Waals surface area (Å²) in [6.45, 7) is 1.91. The molecule has 3 rings (SSSR count). The van der Waals surface area contributed by atoms with E-state index in [1.807, 2.05) is 39.2 Å². The van der Waals surface area contributed by atoms with Crippen LogP contribution >= 0.6 is 0 Å². The average molecular weight is 325 g/mol. The van der Waals surface area contributed by atoms with E-state index in [0.717, 1.165) is 11.1 Å². The van der Waals surface area contributed by atoms with E-state index < -0.39 is 0 Å². The molecule has 24 heavy (non-hydrogen) atoms. The van der Waals surface area contributed by atoms with Gasteiger partial charge in [0.15, 0.2) is 5.58 Å². The number of anilines is 2. The van der Waals surface area contributed by atoms with E-state index in [9.17, 15) is 4.79 Å². The van der Waals surface area contributed by atoms with E-state index in [2.05, 4.69) is 20.6 Å². The Bertz CT molecular complexity index is 845. The zero-order chi connectivity index (χ0) is 17.1. The second-order valence-electron chi connectivity index (χ2n) is 5.67. The van der Waals surface area contributed by atoms with Crippen LogP contribution in [0, 0.1) is 0 Å². The standard InChI is InChI=1S/C17H19N5O2/c1-11(12-6-8-18-9-7-12)19-16(23)20-13-4-5-14-15(10-13)24-17(21-14)22(2)3/h4-11H,1-3H3,(H2,19,20,23). The van der Waals surface area contributed by atoms with E-state index in [1.165, 1.54) is 0 Å². The third-order valence-electron chi connectivity index (χ3n) is 3.57. The molecule has 2 N–H and O–H groups in total. The highest BCUT2D eigenvalue weighted by molar-refractivity contribution is 5.91. The maximum Gasteiger partial charge on any atom is 0.319 e. The molecule has 7 heteroatoms. The van der Waals surface area contributed by atoms with Gasteiger partial charge in [0, 0.05) is 38.2 Å². The number of carbonyl (C=O) groups is 1. The summed E-state index contributed by atoms with van der Waals surface area (Å²) in [5.74, 6) is 0. The number of rotatable bonds is 4. The predicted molar refractivity (Wildman–Crippen MR) is 93.1 cm³/mol. The number of amides is 2. The Kier molecular flexibility index (Phi) is 4.33. The minimum atomic E-state index is -0.286. The number of nitrogens with one attached hydrogen (secondary N) is 2. The molecule has 124 valence electrons. The zero-order valence-corrected chi connectivity index (χ0v) is 13.8. The molecule has 2 amide bonds. The number of oxazole rings is 1. The molecule has 0 aliphatic carbocycles. The van der Waals surface area contributed by atoms with Gasteiger partial charge in [-0.1, -0.05) is 0 Å². The normalized spacial score (nSPS) is 12.0. The number of hydrogen-bond donors (Lipinski definition) is 2. The Balaban J connectivity index is 1.69. The molecule has 3 aromatic rings. The van der Waals surface area contributed by atoms with Gasteiger partial charge in [0.2, 0.25) is 0 Å². The largest absolute Gasteiger partial charge is 0.423 e. The lowest BCUT2D eigenvalue weighted by Gasteiger charge is -2.14. The topological polar surface area (TPSA) is 83.3 Å². The average Bonchev–Trinajstić information content (AvgIpc) is 2.99. The Labute approximate surface area is 139 Å². The van der Waals surface area contributed by atoms with Gasteiger partial charge in [-0.25, -0.2) is 4.79 Å². The number of aromatic nitrogens is 2. The summed E-state index contributed by atoms with van der Waals surface area (Å²) < 4.78 is 5.64. The van der Waals surface area contributed by atoms with Gasteiger partial charge < -0.3 is 20.0 Å². The summed E-state index contributed by atoms with van der Waals surface area (Å²) in [6.07, 6.45) is 3.40. The second-order valence-corrected chi connectivity index (χ2v) is 5.67. The van der Waals surface area contributed by atoms with Crippen LogP contribution in [0.4, 0.5) is 16.5 Å². The number of nitrogens with zero attached hydrogens (tertiary/aromatic N) is 3. The smallest absolute Gasteiger partial charge is 0.319 e. The number of pyridine rings is 1. The minimum absolute atomic E-state index is 0.123. The fourth-order valence-electron chi connectivity index (χ4n) is 2.28. The summed E-state index contributed by atoms with van der Waals surface area (Å²) in [7, 11) is 3.72. The molecule has 2 aromatic heterocycles. The number of benzene rings is 1. The molecule has 2 heterocycles. The molecule has 0 fully saturated rings. The molecule has 0 aliphatic heterocycles. The molecule has 0 saturated carbocycles. The lowest BCUT2D eigenvalue weighted by molar-refractivity contribution is 0.249. The summed E-state index contributed by atoms with van der Waals surface area (Å²) >= 11 is 0. The van der Waals surface area contributed by atoms with Gasteiger partial charge in [0.1, 0.15) is 5.52 Å². The maximum absolute atomic E-state index is 12.2. The highest BCUT2D eigenvalue weighted by Crippen LogP contribution is 2.23. The summed E-state index contributed by atoms with van der Waals surface area (Å²) in [5, 5.41) is 5.69. The Morgan fingerprint density at radius 2 is 1.96 bits per heavy atom. The molecule has 0 spiro atoms. The van der Waals surface area contributed by atoms with Gasteiger partial charge in [0.25, 0.3) is 6.01 Å². The molecule has 1 aromatic carbocycles. The van der Waals surface area contributed by atoms with Crippen LogP contribution in [0.15, 0.2) is 47.1 Å². The first kappa shape index (κ1) is 15.8. The van der Waals surface area contributed by atoms with Crippen molar-refractivity contribution in [2.75, 3.05) is 24.3 Å². The molecule has 1 atom stereocenters. The van der Waals surface area contributed by atoms with Gasteiger partial charge in [-0.15, -0.1) is 0 Å². The van der Waals surface area contributed by atoms with Crippen molar-refractivity contribution < 1.29 is 9.21 Å². The van der Waals surface area contributed by atoms with Crippen LogP contribution in [0.2, 0.25) is 0 Å². The summed E-state index contributed by atoms with van der Waals surface area (Å²) in [5.41, 5.74) is 3.00. The summed E-state index contributed by atoms with van der Waals surface area (Å²) in [4.78, 5) is 22.3. The highest BCUT2D eigenvalue weighted by atomic mass is 16.4. The molecule has 0 radical (unpaired) electrons. The molecule has 0 bridgehead atoms. The van der Waals surface area contributed by atoms with Crippen molar-refractivity contribution in [1.29, 1.82) is 0 Å². The van der Waals surface area contributed by atoms with Gasteiger partial charge in [0.05, 0.1) is 6.04 Å². The molecule has 7 nitrogen and oxygen atoms in total. The van der Waals surface area contributed by atoms with Crippen LogP contribution in [0.1, 0.15) is 18.5 Å². The van der Waals surface area contributed by atoms with E-state index in [0.29, 0.717) is 17.3 Å². The number of hydrogen-bond acceptors (Lipinski definition) is 5. The van der Waals surface area contributed by atoms with E-state index in [4.69, 9.17) is 4.42 Å². The monoisotopic (exact) mass is 325 g/mol. The third kappa shape index (κ3) is 3.45. The summed E-state index contributed by atoms with van der Waals surface area (Å²) in [6, 6.07) is 9.22. The first-order valence-corrected chi connectivity index (χ1v) is 7.58. The lowest BCUT2D eigenvalue weighted by Crippen LogP contribution is -2.31. The van der Waals surface area contributed by atoms with E-state index in [-0.39, 0.29) is 12.1 Å². The fourth-order valence-corrected chi connectivity index (χ4v) is 2.28. The first-order chi connectivity index (χ1) is 11.5. The Hall–Kier alpha value is -3.09. The zero-order valence-electron chi connectivity index (χ0n) is 13.8. The predicted octanol–water partition coefficient (Wildman–Crippen LogP) is 3.17. The Morgan fingerprint density at radius 1 is 1.21 bits per heavy atom. The number of fused-ring (bicyclic) bond motifs is 1. The molecule has 0 saturated heterocycles. The van der Waals surface area contributed by atoms with Gasteiger partial charge in [-0.2, -0.15) is 4.98 Å². The fraction of sp³-hybridized carbons (Fsp3) is 0.235. The first-order valence-electron chi connectivity index (χ1n) is 7.58. The molecular formula is C17H19N5O2. The minimum Gasteiger partial charge on any atom is -0.423 e. The van der Waals surface area contributed by atoms with Crippen molar-refractivity contribution in [3.8, 4) is 0 Å². The van der Waals surface area contributed by atoms with Crippen LogP contribution in [-0.2, 0) is 0 Å². The SMILES string of the molecule is CC(NC(=O)Nc1ccc2nc(N(C)C)oc2c1)c1ccncc1. The molecular weight excluding hydrogens is 306 g/mol. The van der Waals surface area contributed by atoms with Crippen molar-refractivity contribution in [2.45, 2.75) is 13.0 Å². The lowest BCUT2D eigenvalue weighted by atomic mass is 10.1. The number of carbonyl (C=O) groups excluding carboxylic acids is 1. The maximum atomic E-state index is 12.2. The molecule has 1 unspecified atom stereocenters. The van der Waals surface area contributed by atoms with Crippen molar-refractivity contribution in [2.24, 2.45) is 0 Å². The van der Waals surface area contributed by atoms with Crippen LogP contribution < -0.4 is 15.5 Å². The van der Waals surface area contributed by atoms with Crippen molar-refractivity contribution >= 4 is 28.8 Å². The quantitative estimate of drug-likeness (QED) is 0.770. The third-order valence-corrected chi connectivity index (χ3v) is 3.57. The van der Waals surface area contributed by atoms with Gasteiger partial charge in [-0.05, 0) is 36.8 Å². The van der Waals surface area contributed by atoms with Gasteiger partial charge >= 0.3 is 6.03 Å². The van der Waals surface area contributed by atoms with Crippen LogP contribution in [0.25, 0.3) is 11.1 Å². The van der Waals surface area contributed by atoms with Crippen molar-refractivity contribution in [3.05, 3.63) is 48.3 Å². The Morgan fingerprint density at radius 3 is 2.67 bits per heavy atom. The number of urea groups is 1. The van der Waals surface area contributed by atoms with Crippen molar-refractivity contribution in [3.63, 3.8) is 0 Å². The second kappa shape index (κ2) is 6.57. The highest BCUT2D eigenvalue weighted by Gasteiger charge is 2.11. The van der Waals surface area contributed by atoms with Crippen LogP contribution in [0.5, 0.6) is 0 Å².